The van der Waals surface area contributed by atoms with E-state index in [0.717, 1.165) is 5.56 Å². The van der Waals surface area contributed by atoms with Crippen LogP contribution in [0.3, 0.4) is 0 Å². The summed E-state index contributed by atoms with van der Waals surface area (Å²) >= 11 is 0. The van der Waals surface area contributed by atoms with Crippen LogP contribution in [0.5, 0.6) is 0 Å². The van der Waals surface area contributed by atoms with E-state index in [0.29, 0.717) is 12.8 Å². The number of hydrogen-bond donors (Lipinski definition) is 1. The van der Waals surface area contributed by atoms with Crippen molar-refractivity contribution >= 4 is 11.9 Å². The molecule has 0 saturated carbocycles. The Morgan fingerprint density at radius 1 is 1.04 bits per heavy atom. The van der Waals surface area contributed by atoms with Crippen molar-refractivity contribution in [1.29, 1.82) is 0 Å². The molecule has 1 rings (SSSR count). The molecule has 1 unspecified atom stereocenters. The number of carbonyl (C=O) groups excluding carboxylic acids is 2. The fourth-order valence-corrected chi connectivity index (χ4v) is 2.62. The van der Waals surface area contributed by atoms with Crippen LogP contribution in [-0.2, 0) is 25.7 Å². The molecule has 0 heterocycles. The van der Waals surface area contributed by atoms with Crippen LogP contribution in [0.1, 0.15) is 46.1 Å². The Kier molecular flexibility index (Phi) is 7.42. The highest BCUT2D eigenvalue weighted by Crippen LogP contribution is 2.38. The van der Waals surface area contributed by atoms with E-state index in [2.05, 4.69) is 0 Å². The summed E-state index contributed by atoms with van der Waals surface area (Å²) < 4.78 is 10.5. The summed E-state index contributed by atoms with van der Waals surface area (Å²) in [6, 6.07) is 9.48. The molecule has 1 atom stereocenters. The predicted octanol–water partition coefficient (Wildman–Crippen LogP) is 3.10. The smallest absolute Gasteiger partial charge is 0.312 e. The number of rotatable bonds is 9. The second kappa shape index (κ2) is 8.83. The summed E-state index contributed by atoms with van der Waals surface area (Å²) in [6.07, 6.45) is 0.867. The van der Waals surface area contributed by atoms with Gasteiger partial charge < -0.3 is 14.6 Å². The van der Waals surface area contributed by atoms with E-state index in [1.54, 1.807) is 20.8 Å². The highest BCUT2D eigenvalue weighted by atomic mass is 16.5. The normalized spacial score (nSPS) is 13.9. The zero-order valence-corrected chi connectivity index (χ0v) is 15.0. The van der Waals surface area contributed by atoms with Gasteiger partial charge in [0, 0.05) is 0 Å². The maximum absolute atomic E-state index is 12.6. The Labute approximate surface area is 144 Å². The first kappa shape index (κ1) is 20.2. The van der Waals surface area contributed by atoms with Crippen LogP contribution < -0.4 is 0 Å². The molecule has 0 saturated heterocycles. The molecule has 1 aromatic carbocycles. The van der Waals surface area contributed by atoms with Gasteiger partial charge in [-0.3, -0.25) is 9.59 Å². The highest BCUT2D eigenvalue weighted by Gasteiger charge is 2.42. The molecule has 0 spiro atoms. The van der Waals surface area contributed by atoms with E-state index >= 15 is 0 Å². The molecule has 0 aromatic heterocycles. The molecule has 24 heavy (non-hydrogen) atoms. The lowest BCUT2D eigenvalue weighted by Gasteiger charge is -2.33. The molecule has 0 aliphatic heterocycles. The Balaban J connectivity index is 2.72. The van der Waals surface area contributed by atoms with Gasteiger partial charge in [0.15, 0.2) is 0 Å². The molecule has 1 aromatic rings. The lowest BCUT2D eigenvalue weighted by Crippen LogP contribution is -2.38. The first-order chi connectivity index (χ1) is 11.2. The molecule has 5 heteroatoms. The molecular weight excluding hydrogens is 308 g/mol. The van der Waals surface area contributed by atoms with Crippen LogP contribution in [0.25, 0.3) is 0 Å². The average Bonchev–Trinajstić information content (AvgIpc) is 2.57. The van der Waals surface area contributed by atoms with Gasteiger partial charge in [0.05, 0.1) is 17.4 Å². The van der Waals surface area contributed by atoms with Gasteiger partial charge in [-0.05, 0) is 39.2 Å². The molecule has 0 aliphatic carbocycles. The molecule has 0 fully saturated rings. The Morgan fingerprint density at radius 3 is 2.21 bits per heavy atom. The van der Waals surface area contributed by atoms with Gasteiger partial charge in [-0.15, -0.1) is 0 Å². The number of carbonyl (C=O) groups is 2. The maximum Gasteiger partial charge on any atom is 0.312 e. The van der Waals surface area contributed by atoms with Crippen LogP contribution in [0, 0.1) is 10.8 Å². The molecule has 1 N–H and O–H groups in total. The molecule has 0 bridgehead atoms. The number of aliphatic hydroxyl groups is 1. The Hall–Kier alpha value is -1.88. The van der Waals surface area contributed by atoms with E-state index in [1.165, 1.54) is 0 Å². The molecule has 134 valence electrons. The second-order valence-corrected chi connectivity index (χ2v) is 6.90. The molecule has 0 aliphatic rings. The van der Waals surface area contributed by atoms with Crippen LogP contribution in [-0.4, -0.2) is 30.3 Å². The largest absolute Gasteiger partial charge is 0.463 e. The molecule has 5 nitrogen and oxygen atoms in total. The summed E-state index contributed by atoms with van der Waals surface area (Å²) in [4.78, 5) is 24.7. The first-order valence-corrected chi connectivity index (χ1v) is 8.24. The number of aliphatic hydroxyl groups excluding tert-OH is 1. The fraction of sp³-hybridized carbons (Fsp3) is 0.579. The topological polar surface area (TPSA) is 72.8 Å². The zero-order valence-electron chi connectivity index (χ0n) is 15.0. The first-order valence-electron chi connectivity index (χ1n) is 8.24. The maximum atomic E-state index is 12.6. The highest BCUT2D eigenvalue weighted by molar-refractivity contribution is 5.80. The third kappa shape index (κ3) is 5.64. The molecule has 0 amide bonds. The lowest BCUT2D eigenvalue weighted by atomic mass is 9.72. The van der Waals surface area contributed by atoms with E-state index in [1.807, 2.05) is 37.3 Å². The van der Waals surface area contributed by atoms with Crippen molar-refractivity contribution in [2.45, 2.75) is 47.1 Å². The number of hydrogen-bond acceptors (Lipinski definition) is 5. The van der Waals surface area contributed by atoms with Crippen molar-refractivity contribution < 1.29 is 24.2 Å². The standard InChI is InChI=1S/C19H28O5/c1-5-19(4,14-18(2,3)16(21)23-12-11-20)17(22)24-13-15-9-7-6-8-10-15/h6-10,20H,5,11-14H2,1-4H3. The van der Waals surface area contributed by atoms with E-state index < -0.39 is 16.8 Å². The fourth-order valence-electron chi connectivity index (χ4n) is 2.62. The minimum Gasteiger partial charge on any atom is -0.463 e. The minimum absolute atomic E-state index is 0.0381. The Morgan fingerprint density at radius 2 is 1.67 bits per heavy atom. The number of esters is 2. The average molecular weight is 336 g/mol. The number of ether oxygens (including phenoxy) is 2. The van der Waals surface area contributed by atoms with E-state index in [9.17, 15) is 9.59 Å². The van der Waals surface area contributed by atoms with E-state index in [-0.39, 0.29) is 25.8 Å². The quantitative estimate of drug-likeness (QED) is 0.702. The van der Waals surface area contributed by atoms with Gasteiger partial charge in [-0.25, -0.2) is 0 Å². The summed E-state index contributed by atoms with van der Waals surface area (Å²) in [5, 5.41) is 8.77. The van der Waals surface area contributed by atoms with Crippen molar-refractivity contribution in [2.24, 2.45) is 10.8 Å². The van der Waals surface area contributed by atoms with Gasteiger partial charge in [-0.1, -0.05) is 37.3 Å². The summed E-state index contributed by atoms with van der Waals surface area (Å²) in [5.41, 5.74) is -0.701. The Bertz CT molecular complexity index is 538. The van der Waals surface area contributed by atoms with Crippen molar-refractivity contribution in [3.05, 3.63) is 35.9 Å². The predicted molar refractivity (Wildman–Crippen MR) is 91.1 cm³/mol. The van der Waals surface area contributed by atoms with Crippen LogP contribution in [0.4, 0.5) is 0 Å². The SMILES string of the molecule is CCC(C)(CC(C)(C)C(=O)OCCO)C(=O)OCc1ccccc1. The summed E-state index contributed by atoms with van der Waals surface area (Å²) in [5.74, 6) is -0.746. The number of benzene rings is 1. The van der Waals surface area contributed by atoms with Gasteiger partial charge in [0.25, 0.3) is 0 Å². The third-order valence-electron chi connectivity index (χ3n) is 4.20. The molecular formula is C19H28O5. The molecule has 0 radical (unpaired) electrons. The van der Waals surface area contributed by atoms with Crippen molar-refractivity contribution in [3.63, 3.8) is 0 Å². The lowest BCUT2D eigenvalue weighted by molar-refractivity contribution is -0.164. The van der Waals surface area contributed by atoms with Crippen LogP contribution in [0.15, 0.2) is 30.3 Å². The van der Waals surface area contributed by atoms with Gasteiger partial charge in [0.1, 0.15) is 13.2 Å². The van der Waals surface area contributed by atoms with Gasteiger partial charge >= 0.3 is 11.9 Å². The van der Waals surface area contributed by atoms with Crippen molar-refractivity contribution in [2.75, 3.05) is 13.2 Å². The van der Waals surface area contributed by atoms with Gasteiger partial charge in [0.2, 0.25) is 0 Å². The van der Waals surface area contributed by atoms with Crippen molar-refractivity contribution in [1.82, 2.24) is 0 Å². The van der Waals surface area contributed by atoms with Crippen LogP contribution in [0.2, 0.25) is 0 Å². The van der Waals surface area contributed by atoms with Crippen molar-refractivity contribution in [3.8, 4) is 0 Å². The third-order valence-corrected chi connectivity index (χ3v) is 4.20. The summed E-state index contributed by atoms with van der Waals surface area (Å²) in [6.45, 7) is 7.15. The summed E-state index contributed by atoms with van der Waals surface area (Å²) in [7, 11) is 0. The van der Waals surface area contributed by atoms with E-state index in [4.69, 9.17) is 14.6 Å². The van der Waals surface area contributed by atoms with Crippen LogP contribution >= 0.6 is 0 Å². The van der Waals surface area contributed by atoms with Gasteiger partial charge in [-0.2, -0.15) is 0 Å². The zero-order chi connectivity index (χ0) is 18.2. The second-order valence-electron chi connectivity index (χ2n) is 6.90. The minimum atomic E-state index is -0.842. The monoisotopic (exact) mass is 336 g/mol.